The number of ether oxygens (including phenoxy) is 1. The van der Waals surface area contributed by atoms with E-state index in [0.29, 0.717) is 17.9 Å². The van der Waals surface area contributed by atoms with Crippen molar-refractivity contribution in [3.05, 3.63) is 12.2 Å². The molecular weight excluding hydrogens is 224 g/mol. The fourth-order valence-corrected chi connectivity index (χ4v) is 2.63. The van der Waals surface area contributed by atoms with E-state index in [0.717, 1.165) is 25.7 Å². The summed E-state index contributed by atoms with van der Waals surface area (Å²) in [6, 6.07) is 0. The molecule has 0 N–H and O–H groups in total. The second kappa shape index (κ2) is 6.96. The minimum absolute atomic E-state index is 0.00214. The first kappa shape index (κ1) is 15.3. The van der Waals surface area contributed by atoms with E-state index in [1.807, 2.05) is 0 Å². The lowest BCUT2D eigenvalue weighted by Gasteiger charge is -2.23. The minimum atomic E-state index is 0.00214. The number of carbonyl (C=O) groups excluding carboxylic acids is 1. The van der Waals surface area contributed by atoms with Gasteiger partial charge in [0.15, 0.2) is 0 Å². The summed E-state index contributed by atoms with van der Waals surface area (Å²) < 4.78 is 5.39. The number of hydrogen-bond donors (Lipinski definition) is 0. The van der Waals surface area contributed by atoms with Crippen LogP contribution in [0.4, 0.5) is 0 Å². The van der Waals surface area contributed by atoms with Crippen LogP contribution >= 0.6 is 0 Å². The van der Waals surface area contributed by atoms with Crippen LogP contribution in [-0.4, -0.2) is 12.6 Å². The molecule has 0 aromatic heterocycles. The molecule has 0 heterocycles. The molecule has 0 amide bonds. The molecule has 0 saturated heterocycles. The van der Waals surface area contributed by atoms with E-state index in [-0.39, 0.29) is 11.9 Å². The topological polar surface area (TPSA) is 26.3 Å². The van der Waals surface area contributed by atoms with Crippen LogP contribution in [0.15, 0.2) is 12.2 Å². The quantitative estimate of drug-likeness (QED) is 0.537. The van der Waals surface area contributed by atoms with E-state index >= 15 is 0 Å². The lowest BCUT2D eigenvalue weighted by atomic mass is 9.84. The maximum atomic E-state index is 11.8. The van der Waals surface area contributed by atoms with Gasteiger partial charge in [-0.2, -0.15) is 0 Å². The lowest BCUT2D eigenvalue weighted by Crippen LogP contribution is -2.20. The second-order valence-electron chi connectivity index (χ2n) is 6.81. The summed E-state index contributed by atoms with van der Waals surface area (Å²) in [6.45, 7) is 9.58. The fourth-order valence-electron chi connectivity index (χ4n) is 2.63. The molecule has 0 spiro atoms. The number of allylic oxidation sites excluding steroid dienone is 2. The van der Waals surface area contributed by atoms with Gasteiger partial charge in [0.1, 0.15) is 0 Å². The molecule has 1 aliphatic carbocycles. The molecule has 0 aliphatic heterocycles. The Balaban J connectivity index is 2.17. The number of hydrogen-bond acceptors (Lipinski definition) is 2. The van der Waals surface area contributed by atoms with Gasteiger partial charge in [0.05, 0.1) is 12.5 Å². The van der Waals surface area contributed by atoms with E-state index in [1.54, 1.807) is 0 Å². The van der Waals surface area contributed by atoms with Crippen LogP contribution in [0, 0.1) is 17.3 Å². The summed E-state index contributed by atoms with van der Waals surface area (Å²) in [4.78, 5) is 11.8. The van der Waals surface area contributed by atoms with Gasteiger partial charge in [0, 0.05) is 0 Å². The average molecular weight is 252 g/mol. The Morgan fingerprint density at radius 1 is 1.39 bits per heavy atom. The molecule has 0 saturated carbocycles. The highest BCUT2D eigenvalue weighted by atomic mass is 16.5. The van der Waals surface area contributed by atoms with Gasteiger partial charge in [-0.05, 0) is 43.4 Å². The lowest BCUT2D eigenvalue weighted by molar-refractivity contribution is -0.149. The van der Waals surface area contributed by atoms with E-state index in [9.17, 15) is 4.79 Å². The molecule has 104 valence electrons. The Morgan fingerprint density at radius 2 is 2.11 bits per heavy atom. The third-order valence-corrected chi connectivity index (χ3v) is 3.42. The SMILES string of the molecule is CC(CCOC(=O)C1CC=CCC1)CC(C)(C)C. The van der Waals surface area contributed by atoms with Crippen molar-refractivity contribution in [2.45, 2.75) is 59.8 Å². The van der Waals surface area contributed by atoms with E-state index in [4.69, 9.17) is 4.74 Å². The average Bonchev–Trinajstić information content (AvgIpc) is 2.27. The zero-order chi connectivity index (χ0) is 13.6. The van der Waals surface area contributed by atoms with Crippen molar-refractivity contribution >= 4 is 5.97 Å². The number of esters is 1. The summed E-state index contributed by atoms with van der Waals surface area (Å²) in [5.41, 5.74) is 0.359. The molecule has 1 rings (SSSR count). The first-order valence-electron chi connectivity index (χ1n) is 7.20. The predicted octanol–water partition coefficient (Wildman–Crippen LogP) is 4.35. The Morgan fingerprint density at radius 3 is 2.67 bits per heavy atom. The molecule has 2 atom stereocenters. The first-order valence-corrected chi connectivity index (χ1v) is 7.20. The highest BCUT2D eigenvalue weighted by Crippen LogP contribution is 2.26. The van der Waals surface area contributed by atoms with Crippen LogP contribution in [0.25, 0.3) is 0 Å². The molecule has 0 radical (unpaired) electrons. The van der Waals surface area contributed by atoms with Gasteiger partial charge in [-0.25, -0.2) is 0 Å². The van der Waals surface area contributed by atoms with Crippen molar-refractivity contribution in [3.8, 4) is 0 Å². The first-order chi connectivity index (χ1) is 8.38. The molecule has 2 nitrogen and oxygen atoms in total. The van der Waals surface area contributed by atoms with Crippen LogP contribution in [0.1, 0.15) is 59.8 Å². The maximum absolute atomic E-state index is 11.8. The van der Waals surface area contributed by atoms with E-state index < -0.39 is 0 Å². The summed E-state index contributed by atoms with van der Waals surface area (Å²) in [5.74, 6) is 0.722. The van der Waals surface area contributed by atoms with Gasteiger partial charge >= 0.3 is 5.97 Å². The zero-order valence-corrected chi connectivity index (χ0v) is 12.4. The Labute approximate surface area is 112 Å². The van der Waals surface area contributed by atoms with Gasteiger partial charge in [0.25, 0.3) is 0 Å². The van der Waals surface area contributed by atoms with Crippen molar-refractivity contribution in [1.29, 1.82) is 0 Å². The third-order valence-electron chi connectivity index (χ3n) is 3.42. The van der Waals surface area contributed by atoms with E-state index in [1.165, 1.54) is 6.42 Å². The number of rotatable bonds is 5. The summed E-state index contributed by atoms with van der Waals surface area (Å²) in [5, 5.41) is 0. The highest BCUT2D eigenvalue weighted by Gasteiger charge is 2.20. The van der Waals surface area contributed by atoms with Crippen LogP contribution in [0.2, 0.25) is 0 Å². The molecule has 0 aromatic rings. The molecule has 1 aliphatic rings. The molecule has 18 heavy (non-hydrogen) atoms. The smallest absolute Gasteiger partial charge is 0.309 e. The Kier molecular flexibility index (Phi) is 5.90. The third kappa shape index (κ3) is 6.23. The summed E-state index contributed by atoms with van der Waals surface area (Å²) in [6.07, 6.45) is 9.22. The van der Waals surface area contributed by atoms with Crippen LogP contribution in [0.3, 0.4) is 0 Å². The molecule has 0 fully saturated rings. The zero-order valence-electron chi connectivity index (χ0n) is 12.4. The van der Waals surface area contributed by atoms with E-state index in [2.05, 4.69) is 39.8 Å². The standard InChI is InChI=1S/C16H28O2/c1-13(12-16(2,3)4)10-11-18-15(17)14-8-6-5-7-9-14/h5-6,13-14H,7-12H2,1-4H3. The monoisotopic (exact) mass is 252 g/mol. The van der Waals surface area contributed by atoms with Crippen molar-refractivity contribution in [1.82, 2.24) is 0 Å². The molecule has 2 heteroatoms. The normalized spacial score (nSPS) is 21.7. The second-order valence-corrected chi connectivity index (χ2v) is 6.81. The largest absolute Gasteiger partial charge is 0.465 e. The molecular formula is C16H28O2. The summed E-state index contributed by atoms with van der Waals surface area (Å²) >= 11 is 0. The highest BCUT2D eigenvalue weighted by molar-refractivity contribution is 5.72. The van der Waals surface area contributed by atoms with Gasteiger partial charge in [-0.1, -0.05) is 39.8 Å². The van der Waals surface area contributed by atoms with Crippen LogP contribution < -0.4 is 0 Å². The van der Waals surface area contributed by atoms with Crippen molar-refractivity contribution in [2.75, 3.05) is 6.61 Å². The van der Waals surface area contributed by atoms with Crippen molar-refractivity contribution < 1.29 is 9.53 Å². The minimum Gasteiger partial charge on any atom is -0.465 e. The van der Waals surface area contributed by atoms with Crippen molar-refractivity contribution in [3.63, 3.8) is 0 Å². The van der Waals surface area contributed by atoms with Crippen LogP contribution in [-0.2, 0) is 9.53 Å². The Hall–Kier alpha value is -0.790. The summed E-state index contributed by atoms with van der Waals surface area (Å²) in [7, 11) is 0. The molecule has 2 unspecified atom stereocenters. The maximum Gasteiger partial charge on any atom is 0.309 e. The van der Waals surface area contributed by atoms with Gasteiger partial charge in [-0.3, -0.25) is 4.79 Å². The van der Waals surface area contributed by atoms with Gasteiger partial charge in [0.2, 0.25) is 0 Å². The Bertz CT molecular complexity index is 286. The number of carbonyl (C=O) groups is 1. The van der Waals surface area contributed by atoms with Crippen molar-refractivity contribution in [2.24, 2.45) is 17.3 Å². The predicted molar refractivity (Wildman–Crippen MR) is 75.3 cm³/mol. The van der Waals surface area contributed by atoms with Gasteiger partial charge in [-0.15, -0.1) is 0 Å². The van der Waals surface area contributed by atoms with Crippen LogP contribution in [0.5, 0.6) is 0 Å². The molecule has 0 bridgehead atoms. The molecule has 0 aromatic carbocycles. The fraction of sp³-hybridized carbons (Fsp3) is 0.812. The van der Waals surface area contributed by atoms with Gasteiger partial charge < -0.3 is 4.74 Å².